The van der Waals surface area contributed by atoms with E-state index in [9.17, 15) is 4.79 Å². The minimum Gasteiger partial charge on any atom is -0.434 e. The van der Waals surface area contributed by atoms with Gasteiger partial charge in [0.05, 0.1) is 6.61 Å². The maximum absolute atomic E-state index is 11.2. The molecule has 5 aliphatic rings. The molecule has 186 valence electrons. The molecule has 0 radical (unpaired) electrons. The number of unbranched alkanes of at least 4 members (excludes halogenated alkanes) is 3. The third-order valence-corrected chi connectivity index (χ3v) is 9.30. The summed E-state index contributed by atoms with van der Waals surface area (Å²) in [6, 6.07) is 0. The Morgan fingerprint density at radius 3 is 2.73 bits per heavy atom. The minimum absolute atomic E-state index is 0.0519. The van der Waals surface area contributed by atoms with Crippen LogP contribution in [0.5, 0.6) is 0 Å². The molecule has 7 nitrogen and oxygen atoms in total. The van der Waals surface area contributed by atoms with Crippen molar-refractivity contribution in [2.45, 2.75) is 95.3 Å². The molecule has 0 aromatic heterocycles. The van der Waals surface area contributed by atoms with Crippen molar-refractivity contribution in [1.29, 1.82) is 0 Å². The molecular formula is C25H38O7S. The Bertz CT molecular complexity index is 726. The monoisotopic (exact) mass is 482 g/mol. The van der Waals surface area contributed by atoms with E-state index in [0.717, 1.165) is 50.7 Å². The molecule has 8 heteroatoms. The molecule has 5 fully saturated rings. The molecular weight excluding hydrogens is 444 g/mol. The fraction of sp³-hybridized carbons (Fsp3) is 0.880. The number of carbonyl (C=O) groups is 1. The first kappa shape index (κ1) is 25.1. The molecule has 5 rings (SSSR count). The molecule has 1 aliphatic carbocycles. The lowest BCUT2D eigenvalue weighted by Crippen LogP contribution is -2.70. The second-order valence-corrected chi connectivity index (χ2v) is 11.4. The number of terminal acetylenes is 1. The van der Waals surface area contributed by atoms with E-state index >= 15 is 0 Å². The van der Waals surface area contributed by atoms with E-state index in [2.05, 4.69) is 24.5 Å². The lowest BCUT2D eigenvalue weighted by molar-refractivity contribution is -0.568. The second kappa shape index (κ2) is 10.7. The number of fused-ring (bicyclic) bond motifs is 2. The number of hydrogen-bond donors (Lipinski definition) is 0. The molecule has 4 heterocycles. The highest BCUT2D eigenvalue weighted by Crippen LogP contribution is 2.61. The van der Waals surface area contributed by atoms with E-state index in [0.29, 0.717) is 30.3 Å². The van der Waals surface area contributed by atoms with Crippen molar-refractivity contribution in [1.82, 2.24) is 0 Å². The maximum Gasteiger partial charge on any atom is 0.509 e. The molecule has 4 saturated heterocycles. The van der Waals surface area contributed by atoms with Crippen molar-refractivity contribution in [2.75, 3.05) is 19.0 Å². The van der Waals surface area contributed by atoms with Crippen molar-refractivity contribution in [3.63, 3.8) is 0 Å². The number of hydrogen-bond acceptors (Lipinski definition) is 8. The molecule has 0 aromatic rings. The van der Waals surface area contributed by atoms with Crippen molar-refractivity contribution in [2.24, 2.45) is 23.7 Å². The first-order chi connectivity index (χ1) is 15.9. The van der Waals surface area contributed by atoms with Gasteiger partial charge in [0.2, 0.25) is 5.79 Å². The molecule has 1 spiro atoms. The number of ether oxygens (including phenoxy) is 4. The first-order valence-corrected chi connectivity index (χ1v) is 13.5. The predicted octanol–water partition coefficient (Wildman–Crippen LogP) is 5.27. The molecule has 0 aromatic carbocycles. The zero-order chi connectivity index (χ0) is 23.5. The van der Waals surface area contributed by atoms with E-state index in [4.69, 9.17) is 30.4 Å². The largest absolute Gasteiger partial charge is 0.509 e. The highest BCUT2D eigenvalue weighted by molar-refractivity contribution is 7.99. The van der Waals surface area contributed by atoms with Gasteiger partial charge >= 0.3 is 6.16 Å². The van der Waals surface area contributed by atoms with Gasteiger partial charge in [-0.15, -0.1) is 18.2 Å². The van der Waals surface area contributed by atoms with E-state index < -0.39 is 17.5 Å². The molecule has 4 aliphatic heterocycles. The van der Waals surface area contributed by atoms with Crippen LogP contribution in [0.3, 0.4) is 0 Å². The van der Waals surface area contributed by atoms with Crippen LogP contribution in [-0.2, 0) is 28.7 Å². The minimum atomic E-state index is -0.720. The lowest BCUT2D eigenvalue weighted by atomic mass is 9.58. The second-order valence-electron chi connectivity index (χ2n) is 10.1. The fourth-order valence-corrected chi connectivity index (χ4v) is 7.39. The van der Waals surface area contributed by atoms with Gasteiger partial charge in [-0.25, -0.2) is 14.6 Å². The van der Waals surface area contributed by atoms with Gasteiger partial charge < -0.3 is 18.9 Å². The van der Waals surface area contributed by atoms with E-state index in [-0.39, 0.29) is 18.3 Å². The Kier molecular flexibility index (Phi) is 8.18. The zero-order valence-electron chi connectivity index (χ0n) is 20.1. The summed E-state index contributed by atoms with van der Waals surface area (Å²) in [6.45, 7) is 6.93. The van der Waals surface area contributed by atoms with E-state index in [1.54, 1.807) is 0 Å². The molecule has 33 heavy (non-hydrogen) atoms. The average molecular weight is 483 g/mol. The standard InChI is InChI=1S/C25H38O7S/c1-5-14-27-23(26)28-15-8-6-7-9-16-33-21-18(3)20-11-10-17(2)19-12-13-24(4)30-22(29-21)25(19,20)32-31-24/h1,17-22H,6-16H2,2-4H3/t17-,18-,19+,20+,21+,22-,24+,25-/m1/s1. The van der Waals surface area contributed by atoms with Gasteiger partial charge in [0.1, 0.15) is 5.44 Å². The Morgan fingerprint density at radius 1 is 1.09 bits per heavy atom. The molecule has 2 bridgehead atoms. The van der Waals surface area contributed by atoms with Crippen molar-refractivity contribution in [3.8, 4) is 12.3 Å². The quantitative estimate of drug-likeness (QED) is 0.190. The molecule has 0 amide bonds. The molecule has 0 N–H and O–H groups in total. The van der Waals surface area contributed by atoms with E-state index in [1.807, 2.05) is 18.7 Å². The summed E-state index contributed by atoms with van der Waals surface area (Å²) in [5.41, 5.74) is -0.383. The van der Waals surface area contributed by atoms with Gasteiger partial charge in [-0.3, -0.25) is 0 Å². The van der Waals surface area contributed by atoms with Gasteiger partial charge in [0, 0.05) is 12.3 Å². The number of carbonyl (C=O) groups excluding carboxylic acids is 1. The molecule has 1 saturated carbocycles. The summed E-state index contributed by atoms with van der Waals surface area (Å²) in [6.07, 6.45) is 12.2. The Labute approximate surface area is 201 Å². The smallest absolute Gasteiger partial charge is 0.434 e. The highest BCUT2D eigenvalue weighted by Gasteiger charge is 2.69. The molecule has 8 atom stereocenters. The van der Waals surface area contributed by atoms with Crippen LogP contribution in [0, 0.1) is 36.0 Å². The van der Waals surface area contributed by atoms with Crippen LogP contribution < -0.4 is 0 Å². The number of thioether (sulfide) groups is 1. The van der Waals surface area contributed by atoms with Gasteiger partial charge in [-0.1, -0.05) is 32.6 Å². The maximum atomic E-state index is 11.2. The number of rotatable bonds is 9. The first-order valence-electron chi connectivity index (χ1n) is 12.4. The average Bonchev–Trinajstić information content (AvgIpc) is 3.03. The third kappa shape index (κ3) is 5.18. The summed E-state index contributed by atoms with van der Waals surface area (Å²) in [4.78, 5) is 23.3. The summed E-state index contributed by atoms with van der Waals surface area (Å²) in [7, 11) is 0. The Morgan fingerprint density at radius 2 is 1.91 bits per heavy atom. The van der Waals surface area contributed by atoms with Crippen LogP contribution >= 0.6 is 11.8 Å². The predicted molar refractivity (Wildman–Crippen MR) is 124 cm³/mol. The van der Waals surface area contributed by atoms with Crippen LogP contribution in [0.25, 0.3) is 0 Å². The highest BCUT2D eigenvalue weighted by atomic mass is 32.2. The van der Waals surface area contributed by atoms with Crippen molar-refractivity contribution in [3.05, 3.63) is 0 Å². The Hall–Kier alpha value is -0.980. The van der Waals surface area contributed by atoms with Crippen LogP contribution in [0.2, 0.25) is 0 Å². The molecule has 0 unspecified atom stereocenters. The van der Waals surface area contributed by atoms with Gasteiger partial charge in [-0.2, -0.15) is 0 Å². The van der Waals surface area contributed by atoms with Crippen molar-refractivity contribution < 1.29 is 33.5 Å². The summed E-state index contributed by atoms with van der Waals surface area (Å²) >= 11 is 1.89. The fourth-order valence-electron chi connectivity index (χ4n) is 6.12. The SMILES string of the molecule is C#CCOC(=O)OCCCCCCS[C@@H]1O[C@@H]2O[C@]3(C)CC[C@H]4[C@H](C)CC[C@@H]([C@H]1C)[C@@]24OO3. The van der Waals surface area contributed by atoms with Crippen LogP contribution in [-0.4, -0.2) is 48.2 Å². The van der Waals surface area contributed by atoms with Gasteiger partial charge in [0.25, 0.3) is 0 Å². The van der Waals surface area contributed by atoms with Crippen LogP contribution in [0.4, 0.5) is 4.79 Å². The zero-order valence-corrected chi connectivity index (χ0v) is 20.9. The lowest BCUT2D eigenvalue weighted by Gasteiger charge is -2.60. The van der Waals surface area contributed by atoms with Gasteiger partial charge in [0.15, 0.2) is 18.5 Å². The summed E-state index contributed by atoms with van der Waals surface area (Å²) < 4.78 is 22.7. The van der Waals surface area contributed by atoms with Crippen LogP contribution in [0.1, 0.15) is 72.1 Å². The topological polar surface area (TPSA) is 72.5 Å². The summed E-state index contributed by atoms with van der Waals surface area (Å²) in [5.74, 6) is 4.29. The van der Waals surface area contributed by atoms with Crippen LogP contribution in [0.15, 0.2) is 0 Å². The third-order valence-electron chi connectivity index (χ3n) is 7.91. The summed E-state index contributed by atoms with van der Waals surface area (Å²) in [5, 5.41) is 0. The normalized spacial score (nSPS) is 41.5. The Balaban J connectivity index is 1.23. The van der Waals surface area contributed by atoms with Crippen molar-refractivity contribution >= 4 is 17.9 Å². The van der Waals surface area contributed by atoms with E-state index in [1.165, 1.54) is 6.42 Å². The van der Waals surface area contributed by atoms with Gasteiger partial charge in [-0.05, 0) is 62.5 Å².